The summed E-state index contributed by atoms with van der Waals surface area (Å²) in [7, 11) is -3.68. The molecule has 0 spiro atoms. The minimum atomic E-state index is -3.68. The highest BCUT2D eigenvalue weighted by molar-refractivity contribution is 7.89. The molecule has 0 radical (unpaired) electrons. The lowest BCUT2D eigenvalue weighted by molar-refractivity contribution is -0.121. The molecule has 1 fully saturated rings. The van der Waals surface area contributed by atoms with Crippen LogP contribution in [-0.4, -0.2) is 31.1 Å². The fourth-order valence-electron chi connectivity index (χ4n) is 2.44. The third kappa shape index (κ3) is 2.74. The van der Waals surface area contributed by atoms with Crippen LogP contribution < -0.4 is 0 Å². The van der Waals surface area contributed by atoms with Crippen LogP contribution in [0, 0.1) is 11.3 Å². The van der Waals surface area contributed by atoms with Gasteiger partial charge in [0.05, 0.1) is 22.6 Å². The van der Waals surface area contributed by atoms with Crippen molar-refractivity contribution < 1.29 is 13.2 Å². The fourth-order valence-corrected chi connectivity index (χ4v) is 4.14. The third-order valence-corrected chi connectivity index (χ3v) is 5.44. The molecule has 0 amide bonds. The lowest BCUT2D eigenvalue weighted by Gasteiger charge is -2.33. The quantitative estimate of drug-likeness (QED) is 0.849. The number of hydrogen-bond acceptors (Lipinski definition) is 4. The number of carbonyl (C=O) groups excluding carboxylic acids is 1. The van der Waals surface area contributed by atoms with Gasteiger partial charge in [-0.3, -0.25) is 4.79 Å². The topological polar surface area (TPSA) is 78.2 Å². The molecule has 1 aliphatic heterocycles. The SMILES string of the molecule is CC(=O)C1CCCCN1S(=O)(=O)c1ccc(C#N)cc1. The van der Waals surface area contributed by atoms with Gasteiger partial charge in [0.25, 0.3) is 0 Å². The van der Waals surface area contributed by atoms with Gasteiger partial charge in [0, 0.05) is 6.54 Å². The Morgan fingerprint density at radius 2 is 1.95 bits per heavy atom. The predicted octanol–water partition coefficient (Wildman–Crippen LogP) is 1.69. The standard InChI is InChI=1S/C14H16N2O3S/c1-11(17)14-4-2-3-9-16(14)20(18,19)13-7-5-12(10-15)6-8-13/h5-8,14H,2-4,9H2,1H3. The van der Waals surface area contributed by atoms with Gasteiger partial charge >= 0.3 is 0 Å². The van der Waals surface area contributed by atoms with Crippen molar-refractivity contribution in [1.29, 1.82) is 5.26 Å². The Balaban J connectivity index is 2.37. The number of ketones is 1. The van der Waals surface area contributed by atoms with Gasteiger partial charge in [-0.05, 0) is 44.0 Å². The normalized spacial score (nSPS) is 20.3. The molecule has 5 nitrogen and oxygen atoms in total. The van der Waals surface area contributed by atoms with E-state index in [0.29, 0.717) is 18.5 Å². The monoisotopic (exact) mass is 292 g/mol. The summed E-state index contributed by atoms with van der Waals surface area (Å²) in [5.74, 6) is -0.123. The first-order valence-corrected chi connectivity index (χ1v) is 7.93. The predicted molar refractivity (Wildman–Crippen MR) is 73.4 cm³/mol. The van der Waals surface area contributed by atoms with Crippen molar-refractivity contribution >= 4 is 15.8 Å². The van der Waals surface area contributed by atoms with Crippen LogP contribution >= 0.6 is 0 Å². The number of benzene rings is 1. The van der Waals surface area contributed by atoms with Crippen LogP contribution in [0.4, 0.5) is 0 Å². The van der Waals surface area contributed by atoms with Crippen molar-refractivity contribution in [1.82, 2.24) is 4.31 Å². The summed E-state index contributed by atoms with van der Waals surface area (Å²) in [4.78, 5) is 11.8. The number of nitrogens with zero attached hydrogens (tertiary/aromatic N) is 2. The molecule has 1 heterocycles. The Bertz CT molecular complexity index is 644. The Morgan fingerprint density at radius 1 is 1.30 bits per heavy atom. The second-order valence-electron chi connectivity index (χ2n) is 4.87. The number of sulfonamides is 1. The van der Waals surface area contributed by atoms with Crippen molar-refractivity contribution in [3.63, 3.8) is 0 Å². The van der Waals surface area contributed by atoms with Crippen LogP contribution in [0.3, 0.4) is 0 Å². The highest BCUT2D eigenvalue weighted by atomic mass is 32.2. The highest BCUT2D eigenvalue weighted by Crippen LogP contribution is 2.26. The fraction of sp³-hybridized carbons (Fsp3) is 0.429. The largest absolute Gasteiger partial charge is 0.298 e. The smallest absolute Gasteiger partial charge is 0.243 e. The zero-order valence-corrected chi connectivity index (χ0v) is 12.1. The van der Waals surface area contributed by atoms with Crippen LogP contribution in [0.15, 0.2) is 29.2 Å². The lowest BCUT2D eigenvalue weighted by Crippen LogP contribution is -2.47. The van der Waals surface area contributed by atoms with Crippen LogP contribution in [0.5, 0.6) is 0 Å². The van der Waals surface area contributed by atoms with Crippen molar-refractivity contribution in [3.05, 3.63) is 29.8 Å². The molecule has 106 valence electrons. The van der Waals surface area contributed by atoms with E-state index in [9.17, 15) is 13.2 Å². The zero-order valence-electron chi connectivity index (χ0n) is 11.2. The molecule has 0 aromatic heterocycles. The van der Waals surface area contributed by atoms with Gasteiger partial charge in [-0.25, -0.2) is 8.42 Å². The summed E-state index contributed by atoms with van der Waals surface area (Å²) >= 11 is 0. The van der Waals surface area contributed by atoms with Gasteiger partial charge in [0.2, 0.25) is 10.0 Å². The second-order valence-corrected chi connectivity index (χ2v) is 6.76. The van der Waals surface area contributed by atoms with E-state index in [1.54, 1.807) is 0 Å². The molecule has 1 aromatic carbocycles. The second kappa shape index (κ2) is 5.73. The maximum Gasteiger partial charge on any atom is 0.243 e. The first-order chi connectivity index (χ1) is 9.46. The molecule has 1 atom stereocenters. The first kappa shape index (κ1) is 14.7. The molecule has 1 saturated heterocycles. The molecule has 0 aliphatic carbocycles. The van der Waals surface area contributed by atoms with E-state index in [1.165, 1.54) is 35.5 Å². The molecule has 20 heavy (non-hydrogen) atoms. The van der Waals surface area contributed by atoms with Crippen LogP contribution in [0.2, 0.25) is 0 Å². The molecule has 0 saturated carbocycles. The Hall–Kier alpha value is -1.71. The van der Waals surface area contributed by atoms with Crippen molar-refractivity contribution in [2.24, 2.45) is 0 Å². The number of carbonyl (C=O) groups is 1. The van der Waals surface area contributed by atoms with Gasteiger partial charge in [0.1, 0.15) is 5.78 Å². The Kier molecular flexibility index (Phi) is 4.21. The summed E-state index contributed by atoms with van der Waals surface area (Å²) < 4.78 is 26.5. The summed E-state index contributed by atoms with van der Waals surface area (Å²) in [5, 5.41) is 8.74. The van der Waals surface area contributed by atoms with E-state index in [-0.39, 0.29) is 10.7 Å². The minimum Gasteiger partial charge on any atom is -0.298 e. The number of piperidine rings is 1. The third-order valence-electron chi connectivity index (χ3n) is 3.51. The summed E-state index contributed by atoms with van der Waals surface area (Å²) in [5.41, 5.74) is 0.408. The van der Waals surface area contributed by atoms with Gasteiger partial charge in [-0.1, -0.05) is 6.42 Å². The lowest BCUT2D eigenvalue weighted by atomic mass is 10.0. The highest BCUT2D eigenvalue weighted by Gasteiger charge is 2.35. The van der Waals surface area contributed by atoms with E-state index in [1.807, 2.05) is 6.07 Å². The molecule has 0 bridgehead atoms. The average Bonchev–Trinajstić information content (AvgIpc) is 2.47. The summed E-state index contributed by atoms with van der Waals surface area (Å²) in [6.45, 7) is 1.80. The molecular formula is C14H16N2O3S. The van der Waals surface area contributed by atoms with E-state index >= 15 is 0 Å². The van der Waals surface area contributed by atoms with E-state index < -0.39 is 16.1 Å². The number of rotatable bonds is 3. The molecular weight excluding hydrogens is 276 g/mol. The van der Waals surface area contributed by atoms with Gasteiger partial charge in [0.15, 0.2) is 0 Å². The number of hydrogen-bond donors (Lipinski definition) is 0. The molecule has 1 aliphatic rings. The van der Waals surface area contributed by atoms with E-state index in [0.717, 1.165) is 12.8 Å². The molecule has 2 rings (SSSR count). The maximum absolute atomic E-state index is 12.6. The van der Waals surface area contributed by atoms with Crippen LogP contribution in [0.25, 0.3) is 0 Å². The Labute approximate surface area is 118 Å². The Morgan fingerprint density at radius 3 is 2.50 bits per heavy atom. The van der Waals surface area contributed by atoms with Crippen molar-refractivity contribution in [2.75, 3.05) is 6.54 Å². The summed E-state index contributed by atoms with van der Waals surface area (Å²) in [6.07, 6.45) is 2.20. The van der Waals surface area contributed by atoms with Crippen LogP contribution in [0.1, 0.15) is 31.7 Å². The number of nitriles is 1. The molecule has 1 aromatic rings. The molecule has 0 N–H and O–H groups in total. The molecule has 1 unspecified atom stereocenters. The summed E-state index contributed by atoms with van der Waals surface area (Å²) in [6, 6.07) is 7.16. The van der Waals surface area contributed by atoms with Crippen LogP contribution in [-0.2, 0) is 14.8 Å². The zero-order chi connectivity index (χ0) is 14.8. The maximum atomic E-state index is 12.6. The van der Waals surface area contributed by atoms with Crippen molar-refractivity contribution in [2.45, 2.75) is 37.1 Å². The van der Waals surface area contributed by atoms with Gasteiger partial charge in [-0.15, -0.1) is 0 Å². The first-order valence-electron chi connectivity index (χ1n) is 6.49. The average molecular weight is 292 g/mol. The van der Waals surface area contributed by atoms with Crippen molar-refractivity contribution in [3.8, 4) is 6.07 Å². The van der Waals surface area contributed by atoms with Gasteiger partial charge < -0.3 is 0 Å². The van der Waals surface area contributed by atoms with Gasteiger partial charge in [-0.2, -0.15) is 9.57 Å². The van der Waals surface area contributed by atoms with E-state index in [4.69, 9.17) is 5.26 Å². The molecule has 6 heteroatoms. The minimum absolute atomic E-state index is 0.123. The number of Topliss-reactive ketones (excluding diaryl/α,β-unsaturated/α-hetero) is 1. The van der Waals surface area contributed by atoms with E-state index in [2.05, 4.69) is 0 Å².